The number of aliphatic carboxylic acids is 2. The van der Waals surface area contributed by atoms with Gasteiger partial charge < -0.3 is 15.5 Å². The molecule has 0 aliphatic heterocycles. The summed E-state index contributed by atoms with van der Waals surface area (Å²) in [7, 11) is 0. The van der Waals surface area contributed by atoms with Gasteiger partial charge in [-0.25, -0.2) is 9.59 Å². The number of amides is 1. The van der Waals surface area contributed by atoms with Gasteiger partial charge in [-0.1, -0.05) is 12.1 Å². The van der Waals surface area contributed by atoms with Gasteiger partial charge in [0, 0.05) is 28.4 Å². The first-order valence-corrected chi connectivity index (χ1v) is 7.34. The van der Waals surface area contributed by atoms with Gasteiger partial charge in [0.15, 0.2) is 0 Å². The van der Waals surface area contributed by atoms with Gasteiger partial charge in [-0.2, -0.15) is 0 Å². The van der Waals surface area contributed by atoms with Crippen LogP contribution in [0.25, 0.3) is 16.0 Å². The van der Waals surface area contributed by atoms with Gasteiger partial charge in [-0.15, -0.1) is 11.3 Å². The van der Waals surface area contributed by atoms with Crippen molar-refractivity contribution in [1.29, 1.82) is 0 Å². The molecule has 0 spiro atoms. The second kappa shape index (κ2) is 6.89. The summed E-state index contributed by atoms with van der Waals surface area (Å²) in [6, 6.07) is 10.4. The SMILES string of the molecule is CC(=O)Nc1ccc(-c2ccc(C(=CC(=O)O)C(=O)O)s2)cc1. The predicted molar refractivity (Wildman–Crippen MR) is 87.3 cm³/mol. The molecule has 0 saturated heterocycles. The zero-order chi connectivity index (χ0) is 17.0. The molecule has 1 heterocycles. The van der Waals surface area contributed by atoms with E-state index in [1.165, 1.54) is 18.3 Å². The first-order chi connectivity index (χ1) is 10.9. The van der Waals surface area contributed by atoms with Gasteiger partial charge in [0.2, 0.25) is 5.91 Å². The molecule has 0 unspecified atom stereocenters. The van der Waals surface area contributed by atoms with Gasteiger partial charge >= 0.3 is 11.9 Å². The summed E-state index contributed by atoms with van der Waals surface area (Å²) in [5, 5.41) is 20.5. The number of thiophene rings is 1. The van der Waals surface area contributed by atoms with Crippen LogP contribution in [0, 0.1) is 0 Å². The van der Waals surface area contributed by atoms with Crippen LogP contribution < -0.4 is 5.32 Å². The van der Waals surface area contributed by atoms with Crippen LogP contribution in [0.3, 0.4) is 0 Å². The summed E-state index contributed by atoms with van der Waals surface area (Å²) in [6.07, 6.45) is 0.678. The first-order valence-electron chi connectivity index (χ1n) is 6.53. The zero-order valence-corrected chi connectivity index (χ0v) is 12.9. The van der Waals surface area contributed by atoms with E-state index in [0.717, 1.165) is 10.4 Å². The van der Waals surface area contributed by atoms with E-state index in [-0.39, 0.29) is 11.5 Å². The van der Waals surface area contributed by atoms with Gasteiger partial charge in [-0.3, -0.25) is 4.79 Å². The Bertz CT molecular complexity index is 789. The van der Waals surface area contributed by atoms with Crippen LogP contribution in [-0.4, -0.2) is 28.1 Å². The molecule has 1 aromatic carbocycles. The fourth-order valence-corrected chi connectivity index (χ4v) is 2.94. The average molecular weight is 331 g/mol. The number of hydrogen-bond donors (Lipinski definition) is 3. The maximum atomic E-state index is 11.2. The fourth-order valence-electron chi connectivity index (χ4n) is 1.92. The van der Waals surface area contributed by atoms with Crippen molar-refractivity contribution in [2.24, 2.45) is 0 Å². The third-order valence-electron chi connectivity index (χ3n) is 2.86. The fraction of sp³-hybridized carbons (Fsp3) is 0.0625. The molecule has 1 aromatic heterocycles. The van der Waals surface area contributed by atoms with Crippen molar-refractivity contribution in [1.82, 2.24) is 0 Å². The van der Waals surface area contributed by atoms with Crippen LogP contribution in [0.4, 0.5) is 5.69 Å². The average Bonchev–Trinajstić information content (AvgIpc) is 2.94. The molecular weight excluding hydrogens is 318 g/mol. The van der Waals surface area contributed by atoms with Crippen molar-refractivity contribution in [2.75, 3.05) is 5.32 Å². The summed E-state index contributed by atoms with van der Waals surface area (Å²) < 4.78 is 0. The van der Waals surface area contributed by atoms with Gasteiger partial charge in [0.25, 0.3) is 0 Å². The number of carboxylic acid groups (broad SMARTS) is 2. The highest BCUT2D eigenvalue weighted by atomic mass is 32.1. The molecule has 0 fully saturated rings. The van der Waals surface area contributed by atoms with Crippen molar-refractivity contribution in [3.8, 4) is 10.4 Å². The van der Waals surface area contributed by atoms with Crippen molar-refractivity contribution >= 4 is 40.4 Å². The van der Waals surface area contributed by atoms with Crippen LogP contribution in [0.1, 0.15) is 11.8 Å². The molecule has 23 heavy (non-hydrogen) atoms. The van der Waals surface area contributed by atoms with Gasteiger partial charge in [0.05, 0.1) is 5.57 Å². The van der Waals surface area contributed by atoms with Crippen LogP contribution in [-0.2, 0) is 14.4 Å². The lowest BCUT2D eigenvalue weighted by Crippen LogP contribution is -2.05. The number of nitrogens with one attached hydrogen (secondary N) is 1. The maximum absolute atomic E-state index is 11.2. The Balaban J connectivity index is 2.29. The quantitative estimate of drug-likeness (QED) is 0.731. The molecule has 118 valence electrons. The highest BCUT2D eigenvalue weighted by Crippen LogP contribution is 2.32. The lowest BCUT2D eigenvalue weighted by Gasteiger charge is -2.03. The number of carbonyl (C=O) groups is 3. The predicted octanol–water partition coefficient (Wildman–Crippen LogP) is 2.93. The minimum Gasteiger partial charge on any atom is -0.478 e. The molecule has 3 N–H and O–H groups in total. The normalized spacial score (nSPS) is 11.1. The van der Waals surface area contributed by atoms with E-state index in [4.69, 9.17) is 10.2 Å². The molecule has 0 saturated carbocycles. The number of anilines is 1. The van der Waals surface area contributed by atoms with E-state index >= 15 is 0 Å². The van der Waals surface area contributed by atoms with E-state index < -0.39 is 11.9 Å². The van der Waals surface area contributed by atoms with Gasteiger partial charge in [0.1, 0.15) is 0 Å². The molecule has 0 aliphatic carbocycles. The second-order valence-electron chi connectivity index (χ2n) is 4.62. The Kier molecular flexibility index (Phi) is 4.92. The van der Waals surface area contributed by atoms with Crippen molar-refractivity contribution in [3.63, 3.8) is 0 Å². The summed E-state index contributed by atoms with van der Waals surface area (Å²) >= 11 is 1.18. The van der Waals surface area contributed by atoms with Crippen molar-refractivity contribution in [2.45, 2.75) is 6.92 Å². The van der Waals surface area contributed by atoms with E-state index in [2.05, 4.69) is 5.32 Å². The molecule has 0 bridgehead atoms. The topological polar surface area (TPSA) is 104 Å². The molecule has 2 rings (SSSR count). The van der Waals surface area contributed by atoms with Crippen LogP contribution in [0.2, 0.25) is 0 Å². The lowest BCUT2D eigenvalue weighted by atomic mass is 10.1. The first kappa shape index (κ1) is 16.4. The molecule has 6 nitrogen and oxygen atoms in total. The molecular formula is C16H13NO5S. The van der Waals surface area contributed by atoms with Crippen LogP contribution in [0.15, 0.2) is 42.5 Å². The minimum absolute atomic E-state index is 0.166. The number of hydrogen-bond acceptors (Lipinski definition) is 4. The number of carbonyl (C=O) groups excluding carboxylic acids is 1. The van der Waals surface area contributed by atoms with E-state index in [1.807, 2.05) is 0 Å². The minimum atomic E-state index is -1.31. The number of rotatable bonds is 5. The molecule has 0 atom stereocenters. The smallest absolute Gasteiger partial charge is 0.337 e. The summed E-state index contributed by atoms with van der Waals surface area (Å²) in [6.45, 7) is 1.42. The molecule has 0 radical (unpaired) electrons. The highest BCUT2D eigenvalue weighted by Gasteiger charge is 2.15. The third kappa shape index (κ3) is 4.27. The summed E-state index contributed by atoms with van der Waals surface area (Å²) in [5.74, 6) is -2.76. The summed E-state index contributed by atoms with van der Waals surface area (Å²) in [4.78, 5) is 34.0. The largest absolute Gasteiger partial charge is 0.478 e. The highest BCUT2D eigenvalue weighted by molar-refractivity contribution is 7.16. The van der Waals surface area contributed by atoms with Gasteiger partial charge in [-0.05, 0) is 29.8 Å². The van der Waals surface area contributed by atoms with E-state index in [0.29, 0.717) is 16.6 Å². The number of carboxylic acids is 2. The monoisotopic (exact) mass is 331 g/mol. The van der Waals surface area contributed by atoms with Crippen LogP contribution >= 0.6 is 11.3 Å². The van der Waals surface area contributed by atoms with Crippen molar-refractivity contribution < 1.29 is 24.6 Å². The second-order valence-corrected chi connectivity index (χ2v) is 5.71. The zero-order valence-electron chi connectivity index (χ0n) is 12.1. The third-order valence-corrected chi connectivity index (χ3v) is 4.03. The Morgan fingerprint density at radius 1 is 1.04 bits per heavy atom. The molecule has 0 aliphatic rings. The Morgan fingerprint density at radius 3 is 2.22 bits per heavy atom. The van der Waals surface area contributed by atoms with Crippen LogP contribution in [0.5, 0.6) is 0 Å². The summed E-state index contributed by atoms with van der Waals surface area (Å²) in [5.41, 5.74) is 1.24. The Hall–Kier alpha value is -2.93. The molecule has 1 amide bonds. The lowest BCUT2D eigenvalue weighted by molar-refractivity contribution is -0.133. The van der Waals surface area contributed by atoms with E-state index in [1.54, 1.807) is 36.4 Å². The molecule has 7 heteroatoms. The molecule has 2 aromatic rings. The van der Waals surface area contributed by atoms with Crippen molar-refractivity contribution in [3.05, 3.63) is 47.4 Å². The standard InChI is InChI=1S/C16H13NO5S/c1-9(18)17-11-4-2-10(3-5-11)13-6-7-14(23-13)12(16(21)22)8-15(19)20/h2-8H,1H3,(H,17,18)(H,19,20)(H,21,22). The van der Waals surface area contributed by atoms with E-state index in [9.17, 15) is 14.4 Å². The number of benzene rings is 1. The Morgan fingerprint density at radius 2 is 1.70 bits per heavy atom. The maximum Gasteiger partial charge on any atom is 0.337 e. The Labute approximate surface area is 135 Å².